The fourth-order valence-corrected chi connectivity index (χ4v) is 2.16. The largest absolute Gasteiger partial charge is 0.381 e. The van der Waals surface area contributed by atoms with Crippen LogP contribution in [0.3, 0.4) is 0 Å². The van der Waals surface area contributed by atoms with E-state index >= 15 is 0 Å². The summed E-state index contributed by atoms with van der Waals surface area (Å²) in [6.45, 7) is 5.64. The van der Waals surface area contributed by atoms with Gasteiger partial charge in [-0.2, -0.15) is 0 Å². The lowest BCUT2D eigenvalue weighted by molar-refractivity contribution is -0.131. The van der Waals surface area contributed by atoms with Gasteiger partial charge in [0, 0.05) is 45.4 Å². The first-order valence-corrected chi connectivity index (χ1v) is 6.16. The third-order valence-electron chi connectivity index (χ3n) is 3.23. The minimum Gasteiger partial charge on any atom is -0.381 e. The van der Waals surface area contributed by atoms with Crippen LogP contribution in [0.2, 0.25) is 0 Å². The third kappa shape index (κ3) is 3.43. The fourth-order valence-electron chi connectivity index (χ4n) is 2.16. The second-order valence-corrected chi connectivity index (χ2v) is 4.40. The van der Waals surface area contributed by atoms with Crippen LogP contribution in [0, 0.1) is 0 Å². The molecule has 2 rings (SSSR count). The predicted molar refractivity (Wildman–Crippen MR) is 61.3 cm³/mol. The topological polar surface area (TPSA) is 53.6 Å². The van der Waals surface area contributed by atoms with Gasteiger partial charge >= 0.3 is 0 Å². The Morgan fingerprint density at radius 2 is 2.00 bits per heavy atom. The van der Waals surface area contributed by atoms with Gasteiger partial charge in [-0.25, -0.2) is 0 Å². The highest BCUT2D eigenvalue weighted by molar-refractivity contribution is 5.78. The summed E-state index contributed by atoms with van der Waals surface area (Å²) in [5.41, 5.74) is 0. The van der Waals surface area contributed by atoms with Crippen LogP contribution in [0.1, 0.15) is 12.8 Å². The van der Waals surface area contributed by atoms with Gasteiger partial charge in [-0.15, -0.1) is 0 Å². The highest BCUT2D eigenvalue weighted by atomic mass is 16.5. The second-order valence-electron chi connectivity index (χ2n) is 4.40. The third-order valence-corrected chi connectivity index (χ3v) is 3.23. The summed E-state index contributed by atoms with van der Waals surface area (Å²) in [6, 6.07) is 0.459. The van der Waals surface area contributed by atoms with Gasteiger partial charge in [0.25, 0.3) is 0 Å². The van der Waals surface area contributed by atoms with E-state index in [-0.39, 0.29) is 5.91 Å². The smallest absolute Gasteiger partial charge is 0.236 e. The van der Waals surface area contributed by atoms with Crippen molar-refractivity contribution in [1.29, 1.82) is 0 Å². The molecule has 2 aliphatic heterocycles. The number of hydrogen-bond donors (Lipinski definition) is 2. The molecule has 2 heterocycles. The maximum atomic E-state index is 11.8. The Morgan fingerprint density at radius 3 is 2.69 bits per heavy atom. The van der Waals surface area contributed by atoms with Crippen molar-refractivity contribution in [3.8, 4) is 0 Å². The number of ether oxygens (including phenoxy) is 1. The van der Waals surface area contributed by atoms with Crippen molar-refractivity contribution in [2.24, 2.45) is 0 Å². The van der Waals surface area contributed by atoms with Gasteiger partial charge in [-0.1, -0.05) is 0 Å². The van der Waals surface area contributed by atoms with E-state index in [0.717, 1.165) is 52.2 Å². The van der Waals surface area contributed by atoms with Crippen LogP contribution in [-0.2, 0) is 9.53 Å². The van der Waals surface area contributed by atoms with Crippen molar-refractivity contribution in [3.63, 3.8) is 0 Å². The molecule has 0 atom stereocenters. The number of nitrogens with one attached hydrogen (secondary N) is 2. The Kier molecular flexibility index (Phi) is 4.56. The lowest BCUT2D eigenvalue weighted by Gasteiger charge is -2.29. The molecule has 0 radical (unpaired) electrons. The molecule has 0 spiro atoms. The maximum Gasteiger partial charge on any atom is 0.236 e. The molecule has 1 amide bonds. The number of carbonyl (C=O) groups is 1. The van der Waals surface area contributed by atoms with E-state index in [1.807, 2.05) is 4.90 Å². The first kappa shape index (κ1) is 11.8. The molecular formula is C11H21N3O2. The second kappa shape index (κ2) is 6.18. The molecule has 0 aromatic rings. The number of piperazine rings is 1. The number of nitrogens with zero attached hydrogens (tertiary/aromatic N) is 1. The minimum atomic E-state index is 0.230. The van der Waals surface area contributed by atoms with Crippen LogP contribution >= 0.6 is 0 Å². The average molecular weight is 227 g/mol. The molecule has 0 unspecified atom stereocenters. The molecule has 2 N–H and O–H groups in total. The van der Waals surface area contributed by atoms with Crippen molar-refractivity contribution >= 4 is 5.91 Å². The van der Waals surface area contributed by atoms with Crippen LogP contribution in [0.25, 0.3) is 0 Å². The minimum absolute atomic E-state index is 0.230. The lowest BCUT2D eigenvalue weighted by Crippen LogP contribution is -2.50. The molecule has 2 fully saturated rings. The summed E-state index contributed by atoms with van der Waals surface area (Å²) in [7, 11) is 0. The average Bonchev–Trinajstić information content (AvgIpc) is 2.38. The first-order chi connectivity index (χ1) is 7.86. The monoisotopic (exact) mass is 227 g/mol. The summed E-state index contributed by atoms with van der Waals surface area (Å²) in [6.07, 6.45) is 2.05. The fraction of sp³-hybridized carbons (Fsp3) is 0.909. The van der Waals surface area contributed by atoms with Crippen LogP contribution < -0.4 is 10.6 Å². The van der Waals surface area contributed by atoms with Gasteiger partial charge < -0.3 is 20.3 Å². The van der Waals surface area contributed by atoms with E-state index in [1.54, 1.807) is 0 Å². The van der Waals surface area contributed by atoms with Crippen LogP contribution in [0.5, 0.6) is 0 Å². The summed E-state index contributed by atoms with van der Waals surface area (Å²) in [5, 5.41) is 6.57. The normalized spacial score (nSPS) is 23.4. The molecular weight excluding hydrogens is 206 g/mol. The summed E-state index contributed by atoms with van der Waals surface area (Å²) < 4.78 is 5.28. The maximum absolute atomic E-state index is 11.8. The predicted octanol–water partition coefficient (Wildman–Crippen LogP) is -0.813. The van der Waals surface area contributed by atoms with Crippen LogP contribution in [0.4, 0.5) is 0 Å². The summed E-state index contributed by atoms with van der Waals surface area (Å²) in [5.74, 6) is 0.230. The van der Waals surface area contributed by atoms with Gasteiger partial charge in [0.2, 0.25) is 5.91 Å². The van der Waals surface area contributed by atoms with E-state index in [1.165, 1.54) is 0 Å². The quantitative estimate of drug-likeness (QED) is 0.662. The molecule has 2 aliphatic rings. The lowest BCUT2D eigenvalue weighted by atomic mass is 10.1. The molecule has 0 aliphatic carbocycles. The van der Waals surface area contributed by atoms with Crippen LogP contribution in [0.15, 0.2) is 0 Å². The zero-order chi connectivity index (χ0) is 11.2. The molecule has 0 aromatic carbocycles. The number of carbonyl (C=O) groups excluding carboxylic acids is 1. The van der Waals surface area contributed by atoms with Gasteiger partial charge in [-0.05, 0) is 12.8 Å². The molecule has 92 valence electrons. The van der Waals surface area contributed by atoms with E-state index in [4.69, 9.17) is 4.74 Å². The molecule has 0 bridgehead atoms. The Morgan fingerprint density at radius 1 is 1.31 bits per heavy atom. The van der Waals surface area contributed by atoms with E-state index in [9.17, 15) is 4.79 Å². The molecule has 2 saturated heterocycles. The number of amides is 1. The van der Waals surface area contributed by atoms with Crippen molar-refractivity contribution in [3.05, 3.63) is 0 Å². The number of hydrogen-bond acceptors (Lipinski definition) is 4. The zero-order valence-corrected chi connectivity index (χ0v) is 9.71. The van der Waals surface area contributed by atoms with Crippen molar-refractivity contribution in [2.75, 3.05) is 45.9 Å². The van der Waals surface area contributed by atoms with Gasteiger partial charge in [0.15, 0.2) is 0 Å². The summed E-state index contributed by atoms with van der Waals surface area (Å²) in [4.78, 5) is 13.8. The molecule has 5 nitrogen and oxygen atoms in total. The van der Waals surface area contributed by atoms with Crippen molar-refractivity contribution < 1.29 is 9.53 Å². The zero-order valence-electron chi connectivity index (χ0n) is 9.71. The number of rotatable bonds is 3. The van der Waals surface area contributed by atoms with E-state index < -0.39 is 0 Å². The Balaban J connectivity index is 1.65. The van der Waals surface area contributed by atoms with Crippen LogP contribution in [-0.4, -0.2) is 62.8 Å². The van der Waals surface area contributed by atoms with E-state index in [0.29, 0.717) is 12.6 Å². The first-order valence-electron chi connectivity index (χ1n) is 6.16. The van der Waals surface area contributed by atoms with E-state index in [2.05, 4.69) is 10.6 Å². The Hall–Kier alpha value is -0.650. The van der Waals surface area contributed by atoms with Gasteiger partial charge in [0.05, 0.1) is 6.54 Å². The standard InChI is InChI=1S/C11H21N3O2/c15-11(14-5-3-12-4-6-14)9-13-10-1-7-16-8-2-10/h10,12-13H,1-9H2. The summed E-state index contributed by atoms with van der Waals surface area (Å²) >= 11 is 0. The SMILES string of the molecule is O=C(CNC1CCOCC1)N1CCNCC1. The van der Waals surface area contributed by atoms with Crippen molar-refractivity contribution in [1.82, 2.24) is 15.5 Å². The Labute approximate surface area is 96.5 Å². The van der Waals surface area contributed by atoms with Crippen molar-refractivity contribution in [2.45, 2.75) is 18.9 Å². The highest BCUT2D eigenvalue weighted by Crippen LogP contribution is 2.05. The highest BCUT2D eigenvalue weighted by Gasteiger charge is 2.18. The molecule has 0 saturated carbocycles. The molecule has 0 aromatic heterocycles. The molecule has 5 heteroatoms. The Bertz CT molecular complexity index is 223. The van der Waals surface area contributed by atoms with Gasteiger partial charge in [-0.3, -0.25) is 4.79 Å². The molecule has 16 heavy (non-hydrogen) atoms. The van der Waals surface area contributed by atoms with Gasteiger partial charge in [0.1, 0.15) is 0 Å².